The Bertz CT molecular complexity index is 1120. The molecule has 5 fully saturated rings. The van der Waals surface area contributed by atoms with Gasteiger partial charge >= 0.3 is 5.97 Å². The van der Waals surface area contributed by atoms with Crippen molar-refractivity contribution < 1.29 is 28.5 Å². The summed E-state index contributed by atoms with van der Waals surface area (Å²) < 4.78 is 25.3. The number of ketones is 1. The Morgan fingerprint density at radius 3 is 2.63 bits per heavy atom. The third kappa shape index (κ3) is 5.86. The zero-order chi connectivity index (χ0) is 30.2. The van der Waals surface area contributed by atoms with E-state index in [1.54, 1.807) is 7.11 Å². The number of ether oxygens (including phenoxy) is 4. The lowest BCUT2D eigenvalue weighted by atomic mass is 9.43. The van der Waals surface area contributed by atoms with Gasteiger partial charge in [0.05, 0.1) is 11.7 Å². The van der Waals surface area contributed by atoms with Gasteiger partial charge in [-0.3, -0.25) is 4.79 Å². The zero-order valence-corrected chi connectivity index (χ0v) is 26.9. The van der Waals surface area contributed by atoms with Gasteiger partial charge in [0.15, 0.2) is 6.29 Å². The number of methoxy groups -OCH3 is 1. The van der Waals surface area contributed by atoms with Crippen molar-refractivity contribution >= 4 is 11.8 Å². The number of Topliss-reactive ketones (excluding diaryl/α,β-unsaturated/α-hetero) is 1. The molecule has 0 amide bonds. The van der Waals surface area contributed by atoms with E-state index in [0.29, 0.717) is 47.9 Å². The van der Waals surface area contributed by atoms with Gasteiger partial charge in [0.25, 0.3) is 0 Å². The van der Waals surface area contributed by atoms with Crippen LogP contribution in [0.2, 0.25) is 0 Å². The average molecular weight is 595 g/mol. The smallest absolute Gasteiger partial charge is 0.338 e. The Hall–Kier alpha value is -1.76. The molecule has 238 valence electrons. The lowest BCUT2D eigenvalue weighted by molar-refractivity contribution is -0.264. The minimum atomic E-state index is -0.228. The van der Waals surface area contributed by atoms with Crippen molar-refractivity contribution in [1.82, 2.24) is 0 Å². The van der Waals surface area contributed by atoms with Crippen LogP contribution in [0.4, 0.5) is 0 Å². The molecule has 0 N–H and O–H groups in total. The van der Waals surface area contributed by atoms with E-state index in [9.17, 15) is 9.59 Å². The highest BCUT2D eigenvalue weighted by Gasteiger charge is 2.67. The maximum Gasteiger partial charge on any atom is 0.338 e. The Morgan fingerprint density at radius 2 is 1.88 bits per heavy atom. The van der Waals surface area contributed by atoms with Crippen LogP contribution in [0.3, 0.4) is 0 Å². The fourth-order valence-electron chi connectivity index (χ4n) is 10.7. The minimum Gasteiger partial charge on any atom is -0.458 e. The number of carbonyl (C=O) groups excluding carboxylic acids is 2. The Labute approximate surface area is 258 Å². The van der Waals surface area contributed by atoms with Crippen molar-refractivity contribution in [3.05, 3.63) is 35.9 Å². The molecule has 0 aromatic heterocycles. The zero-order valence-electron chi connectivity index (χ0n) is 26.9. The first kappa shape index (κ1) is 31.2. The van der Waals surface area contributed by atoms with Gasteiger partial charge in [0, 0.05) is 44.5 Å². The number of hydrogen-bond acceptors (Lipinski definition) is 6. The summed E-state index contributed by atoms with van der Waals surface area (Å²) in [6, 6.07) is 9.43. The molecule has 1 aliphatic heterocycles. The summed E-state index contributed by atoms with van der Waals surface area (Å²) in [5.74, 6) is 2.50. The van der Waals surface area contributed by atoms with Gasteiger partial charge in [-0.25, -0.2) is 4.79 Å². The monoisotopic (exact) mass is 594 g/mol. The molecule has 1 unspecified atom stereocenters. The molecule has 0 spiro atoms. The molecular formula is C37H54O6. The number of carbonyl (C=O) groups is 2. The Kier molecular flexibility index (Phi) is 9.39. The third-order valence-corrected chi connectivity index (χ3v) is 13.0. The molecule has 11 atom stereocenters. The highest BCUT2D eigenvalue weighted by Crippen LogP contribution is 2.69. The summed E-state index contributed by atoms with van der Waals surface area (Å²) in [6.45, 7) is 8.98. The number of benzene rings is 1. The van der Waals surface area contributed by atoms with Gasteiger partial charge in [-0.1, -0.05) is 39.0 Å². The van der Waals surface area contributed by atoms with Gasteiger partial charge in [0.1, 0.15) is 11.9 Å². The second-order valence-corrected chi connectivity index (χ2v) is 15.1. The second kappa shape index (κ2) is 12.9. The van der Waals surface area contributed by atoms with Crippen LogP contribution in [0.25, 0.3) is 0 Å². The molecule has 4 aliphatic carbocycles. The average Bonchev–Trinajstić information content (AvgIpc) is 3.37. The van der Waals surface area contributed by atoms with Gasteiger partial charge in [-0.05, 0) is 111 Å². The van der Waals surface area contributed by atoms with Crippen molar-refractivity contribution in [3.8, 4) is 0 Å². The van der Waals surface area contributed by atoms with Crippen LogP contribution in [0, 0.1) is 46.3 Å². The van der Waals surface area contributed by atoms with Crippen LogP contribution in [0.5, 0.6) is 0 Å². The molecule has 6 rings (SSSR count). The highest BCUT2D eigenvalue weighted by atomic mass is 16.7. The van der Waals surface area contributed by atoms with Crippen LogP contribution in [-0.4, -0.2) is 50.6 Å². The quantitative estimate of drug-likeness (QED) is 0.166. The number of fused-ring (bicyclic) bond motifs is 5. The normalized spacial score (nSPS) is 41.5. The van der Waals surface area contributed by atoms with Gasteiger partial charge < -0.3 is 18.9 Å². The van der Waals surface area contributed by atoms with E-state index in [2.05, 4.69) is 20.8 Å². The maximum absolute atomic E-state index is 13.6. The first-order chi connectivity index (χ1) is 20.8. The summed E-state index contributed by atoms with van der Waals surface area (Å²) in [7, 11) is 1.79. The molecule has 43 heavy (non-hydrogen) atoms. The first-order valence-electron chi connectivity index (χ1n) is 17.3. The molecule has 1 saturated heterocycles. The summed E-state index contributed by atoms with van der Waals surface area (Å²) in [6.07, 6.45) is 11.5. The highest BCUT2D eigenvalue weighted by molar-refractivity contribution is 5.89. The van der Waals surface area contributed by atoms with Crippen molar-refractivity contribution in [3.63, 3.8) is 0 Å². The van der Waals surface area contributed by atoms with Crippen molar-refractivity contribution in [2.75, 3.05) is 20.3 Å². The molecule has 1 aromatic carbocycles. The molecule has 0 radical (unpaired) electrons. The molecule has 6 heteroatoms. The summed E-state index contributed by atoms with van der Waals surface area (Å²) >= 11 is 0. The largest absolute Gasteiger partial charge is 0.458 e. The van der Waals surface area contributed by atoms with E-state index in [-0.39, 0.29) is 47.1 Å². The van der Waals surface area contributed by atoms with Crippen molar-refractivity contribution in [2.45, 2.75) is 116 Å². The van der Waals surface area contributed by atoms with Crippen LogP contribution in [0.15, 0.2) is 30.3 Å². The van der Waals surface area contributed by atoms with Gasteiger partial charge in [-0.2, -0.15) is 0 Å². The summed E-state index contributed by atoms with van der Waals surface area (Å²) in [5.41, 5.74) is 0.629. The molecular weight excluding hydrogens is 540 g/mol. The predicted octanol–water partition coefficient (Wildman–Crippen LogP) is 7.63. The molecule has 1 heterocycles. The minimum absolute atomic E-state index is 0.0282. The van der Waals surface area contributed by atoms with E-state index < -0.39 is 0 Å². The predicted molar refractivity (Wildman–Crippen MR) is 165 cm³/mol. The van der Waals surface area contributed by atoms with Gasteiger partial charge in [-0.15, -0.1) is 0 Å². The van der Waals surface area contributed by atoms with Crippen molar-refractivity contribution in [2.24, 2.45) is 46.3 Å². The molecule has 6 nitrogen and oxygen atoms in total. The number of rotatable bonds is 9. The van der Waals surface area contributed by atoms with Crippen LogP contribution < -0.4 is 0 Å². The SMILES string of the molecule is COCCCC(C)[C@H]1CC[C@H]2[C@@H]3[C@H](OC(=O)c4ccccc4)C[C@@H]4CC(=O)CC[C@]4(C)[C@H]3C[C@H](O[C@@H]3CCCCO3)[C@]12C. The van der Waals surface area contributed by atoms with Crippen LogP contribution in [0.1, 0.15) is 108 Å². The van der Waals surface area contributed by atoms with E-state index in [1.807, 2.05) is 30.3 Å². The standard InChI is InChI=1S/C37H54O6/c1-24(11-10-19-40-4)28-15-16-29-34-30(23-32(37(28,29)3)43-33-14-8-9-20-41-33)36(2)18-17-27(38)21-26(36)22-31(34)42-35(39)25-12-6-5-7-13-25/h5-7,12-13,24,26,28-34H,8-11,14-23H2,1-4H3/t24?,26-,28+,29-,30-,31+,32-,33+,34-,36-,37+/m0/s1. The number of hydrogen-bond donors (Lipinski definition) is 0. The fraction of sp³-hybridized carbons (Fsp3) is 0.784. The topological polar surface area (TPSA) is 71.1 Å². The molecule has 1 aromatic rings. The van der Waals surface area contributed by atoms with E-state index in [0.717, 1.165) is 71.0 Å². The molecule has 5 aliphatic rings. The third-order valence-electron chi connectivity index (χ3n) is 13.0. The molecule has 0 bridgehead atoms. The fourth-order valence-corrected chi connectivity index (χ4v) is 10.7. The summed E-state index contributed by atoms with van der Waals surface area (Å²) in [4.78, 5) is 26.4. The lowest BCUT2D eigenvalue weighted by Crippen LogP contribution is -2.63. The maximum atomic E-state index is 13.6. The Morgan fingerprint density at radius 1 is 1.07 bits per heavy atom. The Balaban J connectivity index is 1.36. The van der Waals surface area contributed by atoms with E-state index >= 15 is 0 Å². The van der Waals surface area contributed by atoms with Crippen molar-refractivity contribution in [1.29, 1.82) is 0 Å². The van der Waals surface area contributed by atoms with E-state index in [1.165, 1.54) is 6.42 Å². The van der Waals surface area contributed by atoms with Gasteiger partial charge in [0.2, 0.25) is 0 Å². The first-order valence-corrected chi connectivity index (χ1v) is 17.3. The van der Waals surface area contributed by atoms with E-state index in [4.69, 9.17) is 18.9 Å². The van der Waals surface area contributed by atoms with Crippen LogP contribution in [-0.2, 0) is 23.7 Å². The lowest BCUT2D eigenvalue weighted by Gasteiger charge is -2.64. The van der Waals surface area contributed by atoms with Crippen LogP contribution >= 0.6 is 0 Å². The second-order valence-electron chi connectivity index (χ2n) is 15.1. The number of esters is 1. The molecule has 4 saturated carbocycles. The summed E-state index contributed by atoms with van der Waals surface area (Å²) in [5, 5.41) is 0.